The van der Waals surface area contributed by atoms with E-state index in [1.807, 2.05) is 31.3 Å². The fourth-order valence-electron chi connectivity index (χ4n) is 3.15. The lowest BCUT2D eigenvalue weighted by Gasteiger charge is -2.25. The van der Waals surface area contributed by atoms with Crippen LogP contribution in [0, 0.1) is 0 Å². The summed E-state index contributed by atoms with van der Waals surface area (Å²) in [6.07, 6.45) is 4.59. The second-order valence-electron chi connectivity index (χ2n) is 6.31. The highest BCUT2D eigenvalue weighted by Gasteiger charge is 2.36. The monoisotopic (exact) mass is 358 g/mol. The van der Waals surface area contributed by atoms with Crippen LogP contribution in [0.5, 0.6) is 0 Å². The minimum atomic E-state index is -0.830. The van der Waals surface area contributed by atoms with E-state index < -0.39 is 5.60 Å². The van der Waals surface area contributed by atoms with E-state index >= 15 is 0 Å². The van der Waals surface area contributed by atoms with Crippen molar-refractivity contribution < 1.29 is 5.11 Å². The van der Waals surface area contributed by atoms with Crippen molar-refractivity contribution in [1.82, 2.24) is 15.6 Å². The molecular weight excluding hydrogens is 332 g/mol. The van der Waals surface area contributed by atoms with Crippen LogP contribution < -0.4 is 10.6 Å². The summed E-state index contributed by atoms with van der Waals surface area (Å²) < 4.78 is 0. The normalized spacial score (nSPS) is 19.7. The van der Waals surface area contributed by atoms with Gasteiger partial charge in [-0.25, -0.2) is 9.98 Å². The smallest absolute Gasteiger partial charge is 0.191 e. The molecule has 0 aliphatic heterocycles. The van der Waals surface area contributed by atoms with Gasteiger partial charge in [0.15, 0.2) is 5.96 Å². The van der Waals surface area contributed by atoms with E-state index in [4.69, 9.17) is 0 Å². The summed E-state index contributed by atoms with van der Waals surface area (Å²) in [4.78, 5) is 10.3. The van der Waals surface area contributed by atoms with E-state index in [0.717, 1.165) is 36.4 Å². The lowest BCUT2D eigenvalue weighted by molar-refractivity contribution is 0.0432. The molecule has 0 saturated carbocycles. The number of benzene rings is 1. The number of aromatic nitrogens is 1. The fourth-order valence-corrected chi connectivity index (χ4v) is 3.94. The number of guanidine groups is 1. The van der Waals surface area contributed by atoms with Crippen molar-refractivity contribution in [2.24, 2.45) is 4.99 Å². The van der Waals surface area contributed by atoms with Crippen molar-refractivity contribution in [2.75, 3.05) is 13.1 Å². The molecule has 1 unspecified atom stereocenters. The molecule has 0 amide bonds. The van der Waals surface area contributed by atoms with Gasteiger partial charge in [0.1, 0.15) is 10.6 Å². The third kappa shape index (κ3) is 4.19. The van der Waals surface area contributed by atoms with Crippen molar-refractivity contribution in [2.45, 2.75) is 45.3 Å². The Hall–Kier alpha value is -1.92. The van der Waals surface area contributed by atoms with Gasteiger partial charge in [0.05, 0.1) is 13.1 Å². The quantitative estimate of drug-likeness (QED) is 0.548. The predicted octanol–water partition coefficient (Wildman–Crippen LogP) is 2.59. The third-order valence-electron chi connectivity index (χ3n) is 4.54. The molecular formula is C19H26N4OS. The molecule has 1 atom stereocenters. The van der Waals surface area contributed by atoms with Crippen LogP contribution in [0.2, 0.25) is 0 Å². The topological polar surface area (TPSA) is 69.5 Å². The van der Waals surface area contributed by atoms with E-state index in [0.29, 0.717) is 19.0 Å². The number of aryl methyl sites for hydroxylation is 2. The number of thiazole rings is 1. The number of nitrogens with one attached hydrogen (secondary N) is 2. The van der Waals surface area contributed by atoms with E-state index in [1.54, 1.807) is 11.3 Å². The first-order chi connectivity index (χ1) is 12.1. The van der Waals surface area contributed by atoms with E-state index in [1.165, 1.54) is 10.4 Å². The predicted molar refractivity (Wildman–Crippen MR) is 103 cm³/mol. The zero-order chi connectivity index (χ0) is 17.7. The van der Waals surface area contributed by atoms with Crippen LogP contribution in [0.3, 0.4) is 0 Å². The summed E-state index contributed by atoms with van der Waals surface area (Å²) in [5.41, 5.74) is 1.44. The molecule has 1 aromatic carbocycles. The van der Waals surface area contributed by atoms with E-state index in [9.17, 15) is 5.11 Å². The number of fused-ring (bicyclic) bond motifs is 1. The molecule has 25 heavy (non-hydrogen) atoms. The van der Waals surface area contributed by atoms with Crippen LogP contribution in [0.25, 0.3) is 0 Å². The van der Waals surface area contributed by atoms with Gasteiger partial charge in [0, 0.05) is 17.6 Å². The van der Waals surface area contributed by atoms with Crippen molar-refractivity contribution >= 4 is 17.3 Å². The molecule has 1 aliphatic carbocycles. The van der Waals surface area contributed by atoms with Gasteiger partial charge in [0.2, 0.25) is 0 Å². The fraction of sp³-hybridized carbons (Fsp3) is 0.474. The van der Waals surface area contributed by atoms with Gasteiger partial charge in [-0.2, -0.15) is 0 Å². The molecule has 3 N–H and O–H groups in total. The van der Waals surface area contributed by atoms with Crippen LogP contribution in [0.1, 0.15) is 41.3 Å². The van der Waals surface area contributed by atoms with Gasteiger partial charge < -0.3 is 15.7 Å². The Bertz CT molecular complexity index is 743. The first-order valence-corrected chi connectivity index (χ1v) is 9.73. The average Bonchev–Trinajstić information content (AvgIpc) is 3.23. The number of hydrogen-bond donors (Lipinski definition) is 3. The molecule has 134 valence electrons. The summed E-state index contributed by atoms with van der Waals surface area (Å²) in [6.45, 7) is 5.95. The maximum atomic E-state index is 11.0. The number of rotatable bonds is 6. The molecule has 1 aromatic heterocycles. The van der Waals surface area contributed by atoms with Crippen molar-refractivity contribution in [3.63, 3.8) is 0 Å². The SMILES string of the molecule is CCNC(=NCc1ncc(CC)s1)NCC1(O)CCc2ccccc21. The van der Waals surface area contributed by atoms with Crippen LogP contribution in [-0.4, -0.2) is 29.1 Å². The Labute approximate surface area is 153 Å². The summed E-state index contributed by atoms with van der Waals surface area (Å²) in [5.74, 6) is 0.716. The summed E-state index contributed by atoms with van der Waals surface area (Å²) in [7, 11) is 0. The average molecular weight is 359 g/mol. The second-order valence-corrected chi connectivity index (χ2v) is 7.51. The highest BCUT2D eigenvalue weighted by molar-refractivity contribution is 7.11. The van der Waals surface area contributed by atoms with Gasteiger partial charge in [0.25, 0.3) is 0 Å². The Kier molecular flexibility index (Phi) is 5.71. The third-order valence-corrected chi connectivity index (χ3v) is 5.67. The lowest BCUT2D eigenvalue weighted by atomic mass is 9.96. The highest BCUT2D eigenvalue weighted by atomic mass is 32.1. The van der Waals surface area contributed by atoms with Gasteiger partial charge in [-0.15, -0.1) is 11.3 Å². The molecule has 0 radical (unpaired) electrons. The number of aliphatic hydroxyl groups is 1. The molecule has 1 heterocycles. The van der Waals surface area contributed by atoms with Crippen LogP contribution in [0.15, 0.2) is 35.5 Å². The first-order valence-electron chi connectivity index (χ1n) is 8.91. The largest absolute Gasteiger partial charge is 0.383 e. The Morgan fingerprint density at radius 2 is 2.16 bits per heavy atom. The molecule has 6 heteroatoms. The van der Waals surface area contributed by atoms with E-state index in [-0.39, 0.29) is 0 Å². The van der Waals surface area contributed by atoms with Crippen molar-refractivity contribution in [3.05, 3.63) is 51.5 Å². The first kappa shape index (κ1) is 17.9. The van der Waals surface area contributed by atoms with Gasteiger partial charge in [-0.1, -0.05) is 31.2 Å². The van der Waals surface area contributed by atoms with E-state index in [2.05, 4.69) is 33.6 Å². The van der Waals surface area contributed by atoms with Crippen LogP contribution in [-0.2, 0) is 25.0 Å². The van der Waals surface area contributed by atoms with Crippen molar-refractivity contribution in [1.29, 1.82) is 0 Å². The van der Waals surface area contributed by atoms with Crippen LogP contribution in [0.4, 0.5) is 0 Å². The number of hydrogen-bond acceptors (Lipinski definition) is 4. The molecule has 2 aromatic rings. The van der Waals surface area contributed by atoms with Gasteiger partial charge in [-0.3, -0.25) is 0 Å². The number of nitrogens with zero attached hydrogens (tertiary/aromatic N) is 2. The highest BCUT2D eigenvalue weighted by Crippen LogP contribution is 2.36. The second kappa shape index (κ2) is 7.97. The Morgan fingerprint density at radius 1 is 1.32 bits per heavy atom. The minimum Gasteiger partial charge on any atom is -0.383 e. The van der Waals surface area contributed by atoms with Gasteiger partial charge in [-0.05, 0) is 37.3 Å². The Morgan fingerprint density at radius 3 is 2.92 bits per heavy atom. The summed E-state index contributed by atoms with van der Waals surface area (Å²) >= 11 is 1.70. The summed E-state index contributed by atoms with van der Waals surface area (Å²) in [6, 6.07) is 8.14. The standard InChI is InChI=1S/C19H26N4OS/c1-3-15-11-21-17(25-15)12-22-18(20-4-2)23-13-19(24)10-9-14-7-5-6-8-16(14)19/h5-8,11,24H,3-4,9-10,12-13H2,1-2H3,(H2,20,22,23). The molecule has 0 bridgehead atoms. The zero-order valence-corrected chi connectivity index (χ0v) is 15.7. The maximum absolute atomic E-state index is 11.0. The molecule has 5 nitrogen and oxygen atoms in total. The summed E-state index contributed by atoms with van der Waals surface area (Å²) in [5, 5.41) is 18.6. The zero-order valence-electron chi connectivity index (χ0n) is 14.9. The molecule has 0 spiro atoms. The van der Waals surface area contributed by atoms with Crippen LogP contribution >= 0.6 is 11.3 Å². The van der Waals surface area contributed by atoms with Crippen molar-refractivity contribution in [3.8, 4) is 0 Å². The molecule has 1 aliphatic rings. The molecule has 0 fully saturated rings. The number of aliphatic imine (C=N–C) groups is 1. The molecule has 3 rings (SSSR count). The Balaban J connectivity index is 1.65. The lowest BCUT2D eigenvalue weighted by Crippen LogP contribution is -2.45. The van der Waals surface area contributed by atoms with Gasteiger partial charge >= 0.3 is 0 Å². The maximum Gasteiger partial charge on any atom is 0.191 e. The molecule has 0 saturated heterocycles. The minimum absolute atomic E-state index is 0.452.